The maximum absolute atomic E-state index is 12.1. The number of hydrogen-bond acceptors (Lipinski definition) is 4. The molecular weight excluding hydrogens is 296 g/mol. The maximum Gasteiger partial charge on any atom is 0.424 e. The highest BCUT2D eigenvalue weighted by atomic mass is 16.4. The van der Waals surface area contributed by atoms with Gasteiger partial charge in [0.2, 0.25) is 0 Å². The summed E-state index contributed by atoms with van der Waals surface area (Å²) in [7, 11) is 1.64. The molecule has 0 spiro atoms. The molecule has 6 nitrogen and oxygen atoms in total. The Balaban J connectivity index is 1.96. The van der Waals surface area contributed by atoms with Crippen LogP contribution in [-0.4, -0.2) is 9.13 Å². The third-order valence-electron chi connectivity index (χ3n) is 3.80. The topological polar surface area (TPSA) is 70.3 Å². The molecular formula is C17H12N2O4. The van der Waals surface area contributed by atoms with Crippen LogP contribution in [0.25, 0.3) is 28.0 Å². The zero-order valence-corrected chi connectivity index (χ0v) is 12.2. The summed E-state index contributed by atoms with van der Waals surface area (Å²) in [5.41, 5.74) is 3.17. The lowest BCUT2D eigenvalue weighted by Crippen LogP contribution is -2.12. The Morgan fingerprint density at radius 3 is 2.52 bits per heavy atom. The van der Waals surface area contributed by atoms with Gasteiger partial charge in [0.15, 0.2) is 5.58 Å². The van der Waals surface area contributed by atoms with Crippen LogP contribution in [0, 0.1) is 0 Å². The Labute approximate surface area is 129 Å². The number of rotatable bonds is 2. The van der Waals surface area contributed by atoms with Crippen molar-refractivity contribution in [1.82, 2.24) is 9.13 Å². The van der Waals surface area contributed by atoms with Gasteiger partial charge in [0.05, 0.1) is 16.9 Å². The van der Waals surface area contributed by atoms with Gasteiger partial charge in [-0.25, -0.2) is 14.2 Å². The minimum Gasteiger partial charge on any atom is -0.415 e. The van der Waals surface area contributed by atoms with Crippen molar-refractivity contribution in [1.29, 1.82) is 0 Å². The number of nitrogens with zero attached hydrogens (tertiary/aromatic N) is 2. The largest absolute Gasteiger partial charge is 0.424 e. The molecule has 4 rings (SSSR count). The van der Waals surface area contributed by atoms with Crippen molar-refractivity contribution in [2.45, 2.75) is 0 Å². The quantitative estimate of drug-likeness (QED) is 0.570. The van der Waals surface area contributed by atoms with E-state index in [1.54, 1.807) is 19.2 Å². The molecule has 6 heteroatoms. The van der Waals surface area contributed by atoms with E-state index in [0.29, 0.717) is 22.5 Å². The van der Waals surface area contributed by atoms with Crippen molar-refractivity contribution in [3.8, 4) is 16.9 Å². The second-order valence-corrected chi connectivity index (χ2v) is 5.17. The lowest BCUT2D eigenvalue weighted by Gasteiger charge is -2.06. The fourth-order valence-electron chi connectivity index (χ4n) is 2.62. The molecule has 0 bridgehead atoms. The second kappa shape index (κ2) is 4.88. The zero-order valence-electron chi connectivity index (χ0n) is 12.2. The monoisotopic (exact) mass is 308 g/mol. The van der Waals surface area contributed by atoms with Gasteiger partial charge >= 0.3 is 11.5 Å². The molecule has 0 saturated heterocycles. The first kappa shape index (κ1) is 13.4. The Bertz CT molecular complexity index is 1110. The summed E-state index contributed by atoms with van der Waals surface area (Å²) in [6, 6.07) is 14.5. The molecule has 0 radical (unpaired) electrons. The highest BCUT2D eigenvalue weighted by molar-refractivity contribution is 5.79. The van der Waals surface area contributed by atoms with Crippen LogP contribution in [0.15, 0.2) is 73.2 Å². The summed E-state index contributed by atoms with van der Waals surface area (Å²) < 4.78 is 13.2. The predicted octanol–water partition coefficient (Wildman–Crippen LogP) is 2.54. The molecule has 2 aromatic heterocycles. The molecule has 0 aliphatic heterocycles. The average Bonchev–Trinajstić information content (AvgIpc) is 3.08. The Hall–Kier alpha value is -3.28. The normalized spacial score (nSPS) is 11.2. The molecule has 114 valence electrons. The molecule has 0 saturated carbocycles. The molecule has 0 fully saturated rings. The van der Waals surface area contributed by atoms with Gasteiger partial charge in [-0.15, -0.1) is 0 Å². The highest BCUT2D eigenvalue weighted by Crippen LogP contribution is 2.25. The standard InChI is InChI=1S/C17H12N2O4/c1-18-13-8-7-11(9-15(13)23-16(18)20)14-10-22-17(21)19(14)12-5-3-2-4-6-12/h2-10H,1H3. The summed E-state index contributed by atoms with van der Waals surface area (Å²) in [5, 5.41) is 0. The number of hydrogen-bond donors (Lipinski definition) is 0. The first-order valence-corrected chi connectivity index (χ1v) is 7.01. The SMILES string of the molecule is Cn1c(=O)oc2cc(-c3coc(=O)n3-c3ccccc3)ccc21. The summed E-state index contributed by atoms with van der Waals surface area (Å²) in [5.74, 6) is -0.898. The molecule has 4 aromatic rings. The van der Waals surface area contributed by atoms with Crippen LogP contribution in [-0.2, 0) is 7.05 Å². The van der Waals surface area contributed by atoms with Crippen molar-refractivity contribution in [3.05, 3.63) is 75.9 Å². The van der Waals surface area contributed by atoms with E-state index >= 15 is 0 Å². The summed E-state index contributed by atoms with van der Waals surface area (Å²) in [4.78, 5) is 23.7. The highest BCUT2D eigenvalue weighted by Gasteiger charge is 2.14. The summed E-state index contributed by atoms with van der Waals surface area (Å²) in [6.45, 7) is 0. The minimum absolute atomic E-state index is 0.426. The van der Waals surface area contributed by atoms with Crippen LogP contribution >= 0.6 is 0 Å². The molecule has 0 aliphatic rings. The van der Waals surface area contributed by atoms with Gasteiger partial charge in [0.1, 0.15) is 6.26 Å². The van der Waals surface area contributed by atoms with Crippen molar-refractivity contribution in [2.75, 3.05) is 0 Å². The molecule has 2 heterocycles. The number of para-hydroxylation sites is 1. The van der Waals surface area contributed by atoms with Crippen LogP contribution in [0.3, 0.4) is 0 Å². The van der Waals surface area contributed by atoms with Gasteiger partial charge in [-0.2, -0.15) is 0 Å². The van der Waals surface area contributed by atoms with E-state index in [9.17, 15) is 9.59 Å². The lowest BCUT2D eigenvalue weighted by atomic mass is 10.1. The van der Waals surface area contributed by atoms with E-state index < -0.39 is 11.5 Å². The van der Waals surface area contributed by atoms with Crippen LogP contribution < -0.4 is 11.5 Å². The minimum atomic E-state index is -0.471. The van der Waals surface area contributed by atoms with E-state index in [-0.39, 0.29) is 0 Å². The van der Waals surface area contributed by atoms with Gasteiger partial charge in [-0.05, 0) is 24.3 Å². The van der Waals surface area contributed by atoms with Crippen molar-refractivity contribution < 1.29 is 8.83 Å². The Morgan fingerprint density at radius 2 is 1.74 bits per heavy atom. The first-order valence-electron chi connectivity index (χ1n) is 7.01. The number of fused-ring (bicyclic) bond motifs is 1. The van der Waals surface area contributed by atoms with Crippen molar-refractivity contribution >= 4 is 11.1 Å². The van der Waals surface area contributed by atoms with Gasteiger partial charge in [0, 0.05) is 12.6 Å². The van der Waals surface area contributed by atoms with Crippen LogP contribution in [0.5, 0.6) is 0 Å². The number of aromatic nitrogens is 2. The summed E-state index contributed by atoms with van der Waals surface area (Å²) in [6.07, 6.45) is 1.40. The Morgan fingerprint density at radius 1 is 0.957 bits per heavy atom. The fourth-order valence-corrected chi connectivity index (χ4v) is 2.62. The van der Waals surface area contributed by atoms with Gasteiger partial charge < -0.3 is 8.83 Å². The van der Waals surface area contributed by atoms with Crippen molar-refractivity contribution in [3.63, 3.8) is 0 Å². The average molecular weight is 308 g/mol. The van der Waals surface area contributed by atoms with E-state index in [1.807, 2.05) is 36.4 Å². The van der Waals surface area contributed by atoms with Crippen LogP contribution in [0.4, 0.5) is 0 Å². The molecule has 0 N–H and O–H groups in total. The summed E-state index contributed by atoms with van der Waals surface area (Å²) >= 11 is 0. The van der Waals surface area contributed by atoms with Gasteiger partial charge in [-0.3, -0.25) is 4.57 Å². The van der Waals surface area contributed by atoms with Gasteiger partial charge in [0.25, 0.3) is 0 Å². The maximum atomic E-state index is 12.1. The first-order chi connectivity index (χ1) is 11.1. The Kier molecular flexibility index (Phi) is 2.84. The number of benzene rings is 2. The molecule has 23 heavy (non-hydrogen) atoms. The number of oxazole rings is 2. The molecule has 0 atom stereocenters. The third kappa shape index (κ3) is 2.03. The van der Waals surface area contributed by atoms with E-state index in [2.05, 4.69) is 0 Å². The van der Waals surface area contributed by atoms with E-state index in [1.165, 1.54) is 15.4 Å². The lowest BCUT2D eigenvalue weighted by molar-refractivity contribution is 0.504. The van der Waals surface area contributed by atoms with Gasteiger partial charge in [-0.1, -0.05) is 24.3 Å². The third-order valence-corrected chi connectivity index (χ3v) is 3.80. The van der Waals surface area contributed by atoms with Crippen molar-refractivity contribution in [2.24, 2.45) is 7.05 Å². The van der Waals surface area contributed by atoms with Crippen LogP contribution in [0.1, 0.15) is 0 Å². The molecule has 0 amide bonds. The molecule has 2 aromatic carbocycles. The number of aryl methyl sites for hydroxylation is 1. The predicted molar refractivity (Wildman–Crippen MR) is 84.8 cm³/mol. The fraction of sp³-hybridized carbons (Fsp3) is 0.0588. The van der Waals surface area contributed by atoms with E-state index in [0.717, 1.165) is 5.56 Å². The zero-order chi connectivity index (χ0) is 16.0. The smallest absolute Gasteiger partial charge is 0.415 e. The molecule has 0 aliphatic carbocycles. The van der Waals surface area contributed by atoms with E-state index in [4.69, 9.17) is 8.83 Å². The molecule has 0 unspecified atom stereocenters. The second-order valence-electron chi connectivity index (χ2n) is 5.17. The van der Waals surface area contributed by atoms with Crippen LogP contribution in [0.2, 0.25) is 0 Å².